The number of nitrogens with zero attached hydrogens (tertiary/aromatic N) is 2. The minimum absolute atomic E-state index is 0.00116. The number of carbonyl (C=O) groups is 2. The number of aliphatic hydroxyl groups excluding tert-OH is 1. The lowest BCUT2D eigenvalue weighted by Crippen LogP contribution is -2.40. The molecule has 0 aliphatic carbocycles. The molecule has 5 nitrogen and oxygen atoms in total. The van der Waals surface area contributed by atoms with Gasteiger partial charge in [0.05, 0.1) is 12.1 Å². The van der Waals surface area contributed by atoms with E-state index in [1.54, 1.807) is 18.3 Å². The van der Waals surface area contributed by atoms with Gasteiger partial charge in [0.2, 0.25) is 0 Å². The van der Waals surface area contributed by atoms with Gasteiger partial charge in [-0.1, -0.05) is 29.8 Å². The summed E-state index contributed by atoms with van der Waals surface area (Å²) in [4.78, 5) is 31.1. The Labute approximate surface area is 153 Å². The van der Waals surface area contributed by atoms with E-state index in [0.717, 1.165) is 11.3 Å². The highest BCUT2D eigenvalue weighted by molar-refractivity contribution is 5.98. The molecule has 1 aromatic heterocycles. The number of ketones is 1. The van der Waals surface area contributed by atoms with Crippen molar-refractivity contribution in [2.24, 2.45) is 0 Å². The molecule has 1 aromatic carbocycles. The maximum Gasteiger partial charge on any atom is 0.254 e. The first kappa shape index (κ1) is 18.3. The number of hydrogen-bond donors (Lipinski definition) is 1. The highest BCUT2D eigenvalue weighted by Crippen LogP contribution is 2.23. The monoisotopic (exact) mass is 352 g/mol. The predicted molar refractivity (Wildman–Crippen MR) is 98.9 cm³/mol. The molecule has 1 amide bonds. The number of benzene rings is 1. The van der Waals surface area contributed by atoms with Crippen LogP contribution in [0.3, 0.4) is 0 Å². The summed E-state index contributed by atoms with van der Waals surface area (Å²) in [7, 11) is 0. The molecule has 1 aliphatic heterocycles. The first-order valence-corrected chi connectivity index (χ1v) is 8.94. The van der Waals surface area contributed by atoms with Crippen molar-refractivity contribution in [3.8, 4) is 0 Å². The van der Waals surface area contributed by atoms with Crippen LogP contribution in [0, 0.1) is 13.8 Å². The van der Waals surface area contributed by atoms with E-state index in [1.807, 2.05) is 38.1 Å². The van der Waals surface area contributed by atoms with Gasteiger partial charge in [-0.25, -0.2) is 0 Å². The van der Waals surface area contributed by atoms with Crippen molar-refractivity contribution in [3.05, 3.63) is 65.0 Å². The number of amides is 1. The number of rotatable bonds is 5. The summed E-state index contributed by atoms with van der Waals surface area (Å²) in [5.74, 6) is -0.220. The summed E-state index contributed by atoms with van der Waals surface area (Å²) < 4.78 is 0. The maximum absolute atomic E-state index is 12.8. The molecule has 1 saturated heterocycles. The van der Waals surface area contributed by atoms with Crippen LogP contribution in [0.1, 0.15) is 40.0 Å². The second-order valence-electron chi connectivity index (χ2n) is 7.00. The van der Waals surface area contributed by atoms with E-state index < -0.39 is 12.1 Å². The normalized spacial score (nSPS) is 19.6. The Morgan fingerprint density at radius 3 is 2.62 bits per heavy atom. The largest absolute Gasteiger partial charge is 0.391 e. The van der Waals surface area contributed by atoms with Gasteiger partial charge in [0, 0.05) is 36.8 Å². The lowest BCUT2D eigenvalue weighted by Gasteiger charge is -2.23. The standard InChI is InChI=1S/C21H24N2O3/c1-14-3-5-16(6-4-14)7-8-20(25)19-12-18(24)13-23(19)21(26)17-9-10-22-15(2)11-17/h3-6,9-11,18-19,24H,7-8,12-13H2,1-2H3/t18-,19+/m1/s1. The fourth-order valence-electron chi connectivity index (χ4n) is 3.38. The number of aromatic nitrogens is 1. The van der Waals surface area contributed by atoms with Crippen molar-refractivity contribution in [2.75, 3.05) is 6.54 Å². The number of hydrogen-bond acceptors (Lipinski definition) is 4. The van der Waals surface area contributed by atoms with E-state index in [2.05, 4.69) is 4.98 Å². The lowest BCUT2D eigenvalue weighted by molar-refractivity contribution is -0.122. The van der Waals surface area contributed by atoms with Crippen molar-refractivity contribution in [1.82, 2.24) is 9.88 Å². The second kappa shape index (κ2) is 7.79. The average Bonchev–Trinajstić information content (AvgIpc) is 3.02. The maximum atomic E-state index is 12.8. The van der Waals surface area contributed by atoms with Gasteiger partial charge in [0.15, 0.2) is 5.78 Å². The molecule has 26 heavy (non-hydrogen) atoms. The molecule has 2 heterocycles. The van der Waals surface area contributed by atoms with Crippen molar-refractivity contribution >= 4 is 11.7 Å². The molecule has 0 saturated carbocycles. The number of aryl methyl sites for hydroxylation is 3. The summed E-state index contributed by atoms with van der Waals surface area (Å²) in [6, 6.07) is 10.9. The van der Waals surface area contributed by atoms with E-state index in [-0.39, 0.29) is 18.2 Å². The van der Waals surface area contributed by atoms with Crippen LogP contribution in [0.2, 0.25) is 0 Å². The smallest absolute Gasteiger partial charge is 0.254 e. The van der Waals surface area contributed by atoms with E-state index >= 15 is 0 Å². The topological polar surface area (TPSA) is 70.5 Å². The Kier molecular flexibility index (Phi) is 5.47. The Morgan fingerprint density at radius 2 is 1.92 bits per heavy atom. The van der Waals surface area contributed by atoms with E-state index in [9.17, 15) is 14.7 Å². The summed E-state index contributed by atoms with van der Waals surface area (Å²) >= 11 is 0. The molecule has 0 unspecified atom stereocenters. The highest BCUT2D eigenvalue weighted by atomic mass is 16.3. The minimum Gasteiger partial charge on any atom is -0.391 e. The Balaban J connectivity index is 1.69. The van der Waals surface area contributed by atoms with Gasteiger partial charge in [0.25, 0.3) is 5.91 Å². The average molecular weight is 352 g/mol. The fraction of sp³-hybridized carbons (Fsp3) is 0.381. The molecular formula is C21H24N2O3. The van der Waals surface area contributed by atoms with E-state index in [4.69, 9.17) is 0 Å². The van der Waals surface area contributed by atoms with Crippen molar-refractivity contribution in [1.29, 1.82) is 0 Å². The number of β-amino-alcohol motifs (C(OH)–C–C–N with tert-alkyl or cyclic N) is 1. The molecule has 0 radical (unpaired) electrons. The zero-order chi connectivity index (χ0) is 18.7. The number of pyridine rings is 1. The molecule has 136 valence electrons. The molecule has 2 atom stereocenters. The van der Waals surface area contributed by atoms with Crippen LogP contribution >= 0.6 is 0 Å². The predicted octanol–water partition coefficient (Wildman–Crippen LogP) is 2.48. The molecule has 0 spiro atoms. The Hall–Kier alpha value is -2.53. The first-order valence-electron chi connectivity index (χ1n) is 8.94. The summed E-state index contributed by atoms with van der Waals surface area (Å²) in [6.07, 6.45) is 2.24. The number of Topliss-reactive ketones (excluding diaryl/α,β-unsaturated/α-hetero) is 1. The van der Waals surface area contributed by atoms with Crippen LogP contribution in [0.5, 0.6) is 0 Å². The van der Waals surface area contributed by atoms with Gasteiger partial charge in [-0.15, -0.1) is 0 Å². The SMILES string of the molecule is Cc1ccc(CCC(=O)[C@@H]2C[C@@H](O)CN2C(=O)c2ccnc(C)c2)cc1. The van der Waals surface area contributed by atoms with Gasteiger partial charge < -0.3 is 10.0 Å². The summed E-state index contributed by atoms with van der Waals surface area (Å²) in [5, 5.41) is 10.0. The molecular weight excluding hydrogens is 328 g/mol. The van der Waals surface area contributed by atoms with Gasteiger partial charge in [0.1, 0.15) is 0 Å². The molecule has 3 rings (SSSR count). The van der Waals surface area contributed by atoms with Crippen LogP contribution in [-0.2, 0) is 11.2 Å². The van der Waals surface area contributed by atoms with Crippen LogP contribution < -0.4 is 0 Å². The van der Waals surface area contributed by atoms with Crippen LogP contribution in [-0.4, -0.2) is 45.4 Å². The third-order valence-electron chi connectivity index (χ3n) is 4.84. The molecule has 1 fully saturated rings. The van der Waals surface area contributed by atoms with Crippen molar-refractivity contribution in [2.45, 2.75) is 45.3 Å². The number of likely N-dealkylation sites (tertiary alicyclic amines) is 1. The zero-order valence-corrected chi connectivity index (χ0v) is 15.2. The highest BCUT2D eigenvalue weighted by Gasteiger charge is 2.38. The Bertz CT molecular complexity index is 801. The number of aliphatic hydroxyl groups is 1. The fourth-order valence-corrected chi connectivity index (χ4v) is 3.38. The zero-order valence-electron chi connectivity index (χ0n) is 15.2. The second-order valence-corrected chi connectivity index (χ2v) is 7.00. The van der Waals surface area contributed by atoms with E-state index in [0.29, 0.717) is 24.8 Å². The van der Waals surface area contributed by atoms with Crippen molar-refractivity contribution in [3.63, 3.8) is 0 Å². The van der Waals surface area contributed by atoms with Crippen LogP contribution in [0.4, 0.5) is 0 Å². The quantitative estimate of drug-likeness (QED) is 0.897. The van der Waals surface area contributed by atoms with Gasteiger partial charge >= 0.3 is 0 Å². The lowest BCUT2D eigenvalue weighted by atomic mass is 10.0. The molecule has 2 aromatic rings. The molecule has 1 aliphatic rings. The Morgan fingerprint density at radius 1 is 1.19 bits per heavy atom. The van der Waals surface area contributed by atoms with Gasteiger partial charge in [-0.2, -0.15) is 0 Å². The third kappa shape index (κ3) is 4.17. The molecule has 1 N–H and O–H groups in total. The molecule has 0 bridgehead atoms. The van der Waals surface area contributed by atoms with Crippen LogP contribution in [0.15, 0.2) is 42.6 Å². The third-order valence-corrected chi connectivity index (χ3v) is 4.84. The van der Waals surface area contributed by atoms with Crippen LogP contribution in [0.25, 0.3) is 0 Å². The van der Waals surface area contributed by atoms with Gasteiger partial charge in [-0.3, -0.25) is 14.6 Å². The van der Waals surface area contributed by atoms with E-state index in [1.165, 1.54) is 10.5 Å². The summed E-state index contributed by atoms with van der Waals surface area (Å²) in [6.45, 7) is 4.04. The first-order chi connectivity index (χ1) is 12.4. The minimum atomic E-state index is -0.657. The van der Waals surface area contributed by atoms with Crippen molar-refractivity contribution < 1.29 is 14.7 Å². The summed E-state index contributed by atoms with van der Waals surface area (Å²) in [5.41, 5.74) is 3.54. The van der Waals surface area contributed by atoms with Gasteiger partial charge in [-0.05, 0) is 38.0 Å². The number of carbonyl (C=O) groups excluding carboxylic acids is 2. The molecule has 5 heteroatoms.